The van der Waals surface area contributed by atoms with Crippen molar-refractivity contribution >= 4 is 20.0 Å². The Labute approximate surface area is 136 Å². The van der Waals surface area contributed by atoms with Crippen LogP contribution in [0.1, 0.15) is 12.0 Å². The van der Waals surface area contributed by atoms with E-state index in [1.54, 1.807) is 30.3 Å². The third kappa shape index (κ3) is 5.14. The molecule has 2 aromatic rings. The van der Waals surface area contributed by atoms with Gasteiger partial charge < -0.3 is 0 Å². The molecule has 0 heterocycles. The lowest BCUT2D eigenvalue weighted by atomic mass is 10.1. The second-order valence-electron chi connectivity index (χ2n) is 5.00. The number of aryl methyl sites for hydroxylation is 1. The molecule has 23 heavy (non-hydrogen) atoms. The van der Waals surface area contributed by atoms with Crippen molar-refractivity contribution in [2.24, 2.45) is 5.14 Å². The van der Waals surface area contributed by atoms with Crippen LogP contribution in [0.2, 0.25) is 0 Å². The fourth-order valence-electron chi connectivity index (χ4n) is 2.03. The van der Waals surface area contributed by atoms with Crippen LogP contribution in [-0.2, 0) is 26.5 Å². The second-order valence-corrected chi connectivity index (χ2v) is 8.33. The Morgan fingerprint density at radius 2 is 1.43 bits per heavy atom. The number of primary sulfonamides is 1. The van der Waals surface area contributed by atoms with Crippen molar-refractivity contribution in [2.45, 2.75) is 22.6 Å². The first-order chi connectivity index (χ1) is 10.8. The molecule has 6 nitrogen and oxygen atoms in total. The summed E-state index contributed by atoms with van der Waals surface area (Å²) in [6, 6.07) is 14.4. The van der Waals surface area contributed by atoms with E-state index >= 15 is 0 Å². The summed E-state index contributed by atoms with van der Waals surface area (Å²) in [7, 11) is -7.17. The molecule has 0 aliphatic rings. The molecule has 2 rings (SSSR count). The summed E-state index contributed by atoms with van der Waals surface area (Å²) in [5.74, 6) is 0. The lowest BCUT2D eigenvalue weighted by molar-refractivity contribution is 0.578. The zero-order valence-corrected chi connectivity index (χ0v) is 14.0. The Morgan fingerprint density at radius 1 is 0.826 bits per heavy atom. The van der Waals surface area contributed by atoms with Crippen molar-refractivity contribution in [2.75, 3.05) is 6.54 Å². The van der Waals surface area contributed by atoms with Gasteiger partial charge in [0.1, 0.15) is 0 Å². The van der Waals surface area contributed by atoms with Gasteiger partial charge in [-0.15, -0.1) is 0 Å². The first-order valence-electron chi connectivity index (χ1n) is 6.95. The average Bonchev–Trinajstić information content (AvgIpc) is 2.52. The molecule has 0 bridgehead atoms. The molecule has 0 aliphatic heterocycles. The molecule has 2 aromatic carbocycles. The van der Waals surface area contributed by atoms with E-state index in [1.165, 1.54) is 24.3 Å². The number of benzene rings is 2. The molecule has 8 heteroatoms. The van der Waals surface area contributed by atoms with Crippen LogP contribution in [0.15, 0.2) is 64.4 Å². The molecule has 3 N–H and O–H groups in total. The van der Waals surface area contributed by atoms with E-state index in [9.17, 15) is 16.8 Å². The maximum atomic E-state index is 12.0. The SMILES string of the molecule is NS(=O)(=O)c1ccc(CCCNS(=O)(=O)c2ccccc2)cc1. The summed E-state index contributed by atoms with van der Waals surface area (Å²) in [6.45, 7) is 0.300. The third-order valence-corrected chi connectivity index (χ3v) is 5.65. The molecule has 0 atom stereocenters. The smallest absolute Gasteiger partial charge is 0.225 e. The molecule has 0 amide bonds. The fourth-order valence-corrected chi connectivity index (χ4v) is 3.64. The first-order valence-corrected chi connectivity index (χ1v) is 9.98. The standard InChI is InChI=1S/C15H18N2O4S2/c16-22(18,19)14-10-8-13(9-11-14)5-4-12-17-23(20,21)15-6-2-1-3-7-15/h1-3,6-11,17H,4-5,12H2,(H2,16,18,19). The molecule has 0 aromatic heterocycles. The van der Waals surface area contributed by atoms with E-state index in [2.05, 4.69) is 4.72 Å². The first kappa shape index (κ1) is 17.6. The monoisotopic (exact) mass is 354 g/mol. The molecule has 0 fully saturated rings. The predicted molar refractivity (Wildman–Crippen MR) is 87.8 cm³/mol. The van der Waals surface area contributed by atoms with Gasteiger partial charge >= 0.3 is 0 Å². The van der Waals surface area contributed by atoms with E-state index < -0.39 is 20.0 Å². The number of hydrogen-bond acceptors (Lipinski definition) is 4. The van der Waals surface area contributed by atoms with Crippen molar-refractivity contribution in [3.63, 3.8) is 0 Å². The van der Waals surface area contributed by atoms with Gasteiger partial charge in [-0.25, -0.2) is 26.7 Å². The van der Waals surface area contributed by atoms with Crippen LogP contribution < -0.4 is 9.86 Å². The molecular weight excluding hydrogens is 336 g/mol. The summed E-state index contributed by atoms with van der Waals surface area (Å²) in [4.78, 5) is 0.295. The van der Waals surface area contributed by atoms with Crippen LogP contribution in [0.25, 0.3) is 0 Å². The lowest BCUT2D eigenvalue weighted by Crippen LogP contribution is -2.25. The Morgan fingerprint density at radius 3 is 2.00 bits per heavy atom. The van der Waals surface area contributed by atoms with Crippen molar-refractivity contribution in [3.05, 3.63) is 60.2 Å². The van der Waals surface area contributed by atoms with E-state index in [-0.39, 0.29) is 9.79 Å². The largest absolute Gasteiger partial charge is 0.240 e. The Bertz CT molecular complexity index is 846. The average molecular weight is 354 g/mol. The number of nitrogens with two attached hydrogens (primary N) is 1. The molecule has 0 saturated heterocycles. The van der Waals surface area contributed by atoms with Gasteiger partial charge in [-0.1, -0.05) is 30.3 Å². The Kier molecular flexibility index (Phi) is 5.53. The Hall–Kier alpha value is -1.74. The molecule has 0 spiro atoms. The lowest BCUT2D eigenvalue weighted by Gasteiger charge is -2.07. The number of hydrogen-bond donors (Lipinski definition) is 2. The molecule has 0 aliphatic carbocycles. The van der Waals surface area contributed by atoms with Crippen molar-refractivity contribution in [1.29, 1.82) is 0 Å². The quantitative estimate of drug-likeness (QED) is 0.730. The van der Waals surface area contributed by atoms with Gasteiger partial charge in [0, 0.05) is 6.54 Å². The summed E-state index contributed by atoms with van der Waals surface area (Å²) >= 11 is 0. The third-order valence-electron chi connectivity index (χ3n) is 3.24. The highest BCUT2D eigenvalue weighted by molar-refractivity contribution is 7.89. The van der Waals surface area contributed by atoms with Crippen LogP contribution >= 0.6 is 0 Å². The van der Waals surface area contributed by atoms with Gasteiger partial charge in [0.15, 0.2) is 0 Å². The van der Waals surface area contributed by atoms with Crippen molar-refractivity contribution < 1.29 is 16.8 Å². The Balaban J connectivity index is 1.86. The van der Waals surface area contributed by atoms with Gasteiger partial charge in [0.25, 0.3) is 0 Å². The maximum absolute atomic E-state index is 12.0. The fraction of sp³-hybridized carbons (Fsp3) is 0.200. The van der Waals surface area contributed by atoms with Crippen LogP contribution in [0.3, 0.4) is 0 Å². The highest BCUT2D eigenvalue weighted by Gasteiger charge is 2.12. The van der Waals surface area contributed by atoms with Crippen LogP contribution in [0.4, 0.5) is 0 Å². The van der Waals surface area contributed by atoms with E-state index in [0.29, 0.717) is 19.4 Å². The molecule has 124 valence electrons. The van der Waals surface area contributed by atoms with E-state index in [4.69, 9.17) is 5.14 Å². The zero-order chi connectivity index (χ0) is 16.9. The predicted octanol–water partition coefficient (Wildman–Crippen LogP) is 1.25. The zero-order valence-electron chi connectivity index (χ0n) is 12.3. The number of rotatable bonds is 7. The molecule has 0 unspecified atom stereocenters. The second kappa shape index (κ2) is 7.22. The molecular formula is C15H18N2O4S2. The normalized spacial score (nSPS) is 12.2. The molecule has 0 saturated carbocycles. The highest BCUT2D eigenvalue weighted by Crippen LogP contribution is 2.11. The topological polar surface area (TPSA) is 106 Å². The number of sulfonamides is 2. The van der Waals surface area contributed by atoms with Gasteiger partial charge in [-0.05, 0) is 42.7 Å². The minimum absolute atomic E-state index is 0.0611. The minimum Gasteiger partial charge on any atom is -0.225 e. The van der Waals surface area contributed by atoms with Crippen molar-refractivity contribution in [3.8, 4) is 0 Å². The van der Waals surface area contributed by atoms with Gasteiger partial charge in [0.05, 0.1) is 9.79 Å². The van der Waals surface area contributed by atoms with Gasteiger partial charge in [-0.3, -0.25) is 0 Å². The van der Waals surface area contributed by atoms with Gasteiger partial charge in [-0.2, -0.15) is 0 Å². The molecule has 0 radical (unpaired) electrons. The van der Waals surface area contributed by atoms with Crippen LogP contribution in [-0.4, -0.2) is 23.4 Å². The summed E-state index contributed by atoms with van der Waals surface area (Å²) in [6.07, 6.45) is 1.23. The summed E-state index contributed by atoms with van der Waals surface area (Å²) in [5.41, 5.74) is 0.913. The van der Waals surface area contributed by atoms with Crippen LogP contribution in [0.5, 0.6) is 0 Å². The maximum Gasteiger partial charge on any atom is 0.240 e. The number of nitrogens with one attached hydrogen (secondary N) is 1. The van der Waals surface area contributed by atoms with Gasteiger partial charge in [0.2, 0.25) is 20.0 Å². The minimum atomic E-state index is -3.69. The highest BCUT2D eigenvalue weighted by atomic mass is 32.2. The summed E-state index contributed by atoms with van der Waals surface area (Å²) < 4.78 is 48.9. The van der Waals surface area contributed by atoms with Crippen LogP contribution in [0, 0.1) is 0 Å². The van der Waals surface area contributed by atoms with E-state index in [0.717, 1.165) is 5.56 Å². The summed E-state index contributed by atoms with van der Waals surface area (Å²) in [5, 5.41) is 5.03. The van der Waals surface area contributed by atoms with E-state index in [1.807, 2.05) is 0 Å². The van der Waals surface area contributed by atoms with Crippen molar-refractivity contribution in [1.82, 2.24) is 4.72 Å².